The third-order valence-electron chi connectivity index (χ3n) is 4.50. The minimum Gasteiger partial charge on any atom is -0.504 e. The van der Waals surface area contributed by atoms with Crippen LogP contribution < -0.4 is 0 Å². The number of benzene rings is 2. The number of carbonyl (C=O) groups is 1. The molecule has 0 aliphatic carbocycles. The molecule has 9 heteroatoms. The smallest absolute Gasteiger partial charge is 0.254 e. The molecule has 2 aromatic rings. The van der Waals surface area contributed by atoms with Crippen LogP contribution in [0, 0.1) is 6.92 Å². The summed E-state index contributed by atoms with van der Waals surface area (Å²) in [5.74, 6) is -2.36. The Balaban J connectivity index is 1.71. The van der Waals surface area contributed by atoms with Crippen LogP contribution in [0.1, 0.15) is 15.9 Å². The number of amides is 1. The van der Waals surface area contributed by atoms with Crippen LogP contribution in [0.4, 0.5) is 0 Å². The van der Waals surface area contributed by atoms with Gasteiger partial charge in [0.2, 0.25) is 10.0 Å². The van der Waals surface area contributed by atoms with E-state index in [1.165, 1.54) is 9.21 Å². The van der Waals surface area contributed by atoms with Crippen molar-refractivity contribution in [1.82, 2.24) is 9.21 Å². The molecule has 1 heterocycles. The number of aryl methyl sites for hydroxylation is 1. The van der Waals surface area contributed by atoms with Gasteiger partial charge in [0.15, 0.2) is 17.2 Å². The molecule has 3 N–H and O–H groups in total. The van der Waals surface area contributed by atoms with Gasteiger partial charge in [-0.05, 0) is 31.2 Å². The van der Waals surface area contributed by atoms with Crippen LogP contribution in [0.15, 0.2) is 41.3 Å². The molecule has 0 aromatic heterocycles. The van der Waals surface area contributed by atoms with Crippen LogP contribution in [0.25, 0.3) is 0 Å². The van der Waals surface area contributed by atoms with Crippen molar-refractivity contribution in [2.75, 3.05) is 26.2 Å². The summed E-state index contributed by atoms with van der Waals surface area (Å²) in [6.45, 7) is 2.49. The highest BCUT2D eigenvalue weighted by molar-refractivity contribution is 7.89. The van der Waals surface area contributed by atoms with Crippen molar-refractivity contribution in [3.8, 4) is 17.2 Å². The fourth-order valence-corrected chi connectivity index (χ4v) is 4.32. The number of aromatic hydroxyl groups is 3. The SMILES string of the molecule is Cc1ccc(S(=O)(=O)N2CCN(C(=O)c3cc(O)c(O)c(O)c3)CC2)cc1. The van der Waals surface area contributed by atoms with Crippen LogP contribution in [0.3, 0.4) is 0 Å². The number of rotatable bonds is 3. The van der Waals surface area contributed by atoms with Crippen LogP contribution in [0.5, 0.6) is 17.2 Å². The number of carbonyl (C=O) groups excluding carboxylic acids is 1. The maximum Gasteiger partial charge on any atom is 0.254 e. The van der Waals surface area contributed by atoms with Gasteiger partial charge in [0.1, 0.15) is 0 Å². The van der Waals surface area contributed by atoms with Gasteiger partial charge in [0, 0.05) is 31.7 Å². The van der Waals surface area contributed by atoms with Gasteiger partial charge in [-0.1, -0.05) is 17.7 Å². The highest BCUT2D eigenvalue weighted by Crippen LogP contribution is 2.35. The molecule has 0 unspecified atom stereocenters. The Morgan fingerprint density at radius 3 is 1.96 bits per heavy atom. The third-order valence-corrected chi connectivity index (χ3v) is 6.41. The summed E-state index contributed by atoms with van der Waals surface area (Å²) < 4.78 is 26.7. The van der Waals surface area contributed by atoms with Crippen molar-refractivity contribution in [2.45, 2.75) is 11.8 Å². The Kier molecular flexibility index (Phi) is 4.99. The van der Waals surface area contributed by atoms with Gasteiger partial charge < -0.3 is 20.2 Å². The Labute approximate surface area is 156 Å². The first-order valence-electron chi connectivity index (χ1n) is 8.31. The highest BCUT2D eigenvalue weighted by atomic mass is 32.2. The first-order valence-corrected chi connectivity index (χ1v) is 9.75. The van der Waals surface area contributed by atoms with Gasteiger partial charge in [0.05, 0.1) is 4.90 Å². The van der Waals surface area contributed by atoms with Gasteiger partial charge >= 0.3 is 0 Å². The molecule has 144 valence electrons. The van der Waals surface area contributed by atoms with Crippen LogP contribution >= 0.6 is 0 Å². The van der Waals surface area contributed by atoms with Gasteiger partial charge in [-0.25, -0.2) is 8.42 Å². The van der Waals surface area contributed by atoms with Gasteiger partial charge in [-0.2, -0.15) is 4.31 Å². The number of hydrogen-bond donors (Lipinski definition) is 3. The number of piperazine rings is 1. The lowest BCUT2D eigenvalue weighted by atomic mass is 10.1. The molecule has 0 bridgehead atoms. The van der Waals surface area contributed by atoms with E-state index in [1.54, 1.807) is 24.3 Å². The molecule has 1 amide bonds. The van der Waals surface area contributed by atoms with Crippen molar-refractivity contribution < 1.29 is 28.5 Å². The van der Waals surface area contributed by atoms with Crippen molar-refractivity contribution in [3.63, 3.8) is 0 Å². The lowest BCUT2D eigenvalue weighted by molar-refractivity contribution is 0.0697. The predicted molar refractivity (Wildman–Crippen MR) is 97.3 cm³/mol. The molecular weight excluding hydrogens is 372 g/mol. The molecule has 1 aliphatic heterocycles. The zero-order chi connectivity index (χ0) is 19.8. The summed E-state index contributed by atoms with van der Waals surface area (Å²) in [6, 6.07) is 8.71. The number of sulfonamides is 1. The number of phenols is 3. The first-order chi connectivity index (χ1) is 12.7. The summed E-state index contributed by atoms with van der Waals surface area (Å²) in [6.07, 6.45) is 0. The highest BCUT2D eigenvalue weighted by Gasteiger charge is 2.30. The maximum atomic E-state index is 12.7. The summed E-state index contributed by atoms with van der Waals surface area (Å²) in [5.41, 5.74) is 0.974. The fraction of sp³-hybridized carbons (Fsp3) is 0.278. The number of nitrogens with zero attached hydrogens (tertiary/aromatic N) is 2. The second-order valence-electron chi connectivity index (χ2n) is 6.37. The number of hydrogen-bond acceptors (Lipinski definition) is 6. The molecule has 27 heavy (non-hydrogen) atoms. The van der Waals surface area contributed by atoms with Gasteiger partial charge in [-0.3, -0.25) is 4.79 Å². The first kappa shape index (κ1) is 19.0. The molecule has 0 atom stereocenters. The number of phenolic OH excluding ortho intramolecular Hbond substituents is 3. The van der Waals surface area contributed by atoms with E-state index in [0.717, 1.165) is 17.7 Å². The predicted octanol–water partition coefficient (Wildman–Crippen LogP) is 1.26. The lowest BCUT2D eigenvalue weighted by Gasteiger charge is -2.34. The van der Waals surface area contributed by atoms with Crippen molar-refractivity contribution in [1.29, 1.82) is 0 Å². The monoisotopic (exact) mass is 392 g/mol. The summed E-state index contributed by atoms with van der Waals surface area (Å²) in [5, 5.41) is 28.5. The van der Waals surface area contributed by atoms with Gasteiger partial charge in [0.25, 0.3) is 5.91 Å². The lowest BCUT2D eigenvalue weighted by Crippen LogP contribution is -2.50. The Bertz CT molecular complexity index is 941. The largest absolute Gasteiger partial charge is 0.504 e. The summed E-state index contributed by atoms with van der Waals surface area (Å²) >= 11 is 0. The van der Waals surface area contributed by atoms with Crippen LogP contribution in [-0.4, -0.2) is 65.0 Å². The molecule has 8 nitrogen and oxygen atoms in total. The molecule has 1 saturated heterocycles. The third kappa shape index (κ3) is 3.69. The van der Waals surface area contributed by atoms with E-state index in [2.05, 4.69) is 0 Å². The quantitative estimate of drug-likeness (QED) is 0.677. The average molecular weight is 392 g/mol. The zero-order valence-electron chi connectivity index (χ0n) is 14.7. The van der Waals surface area contributed by atoms with E-state index in [-0.39, 0.29) is 36.6 Å². The Hall–Kier alpha value is -2.78. The molecule has 0 radical (unpaired) electrons. The molecule has 2 aromatic carbocycles. The molecule has 3 rings (SSSR count). The molecule has 0 spiro atoms. The van der Waals surface area contributed by atoms with Crippen molar-refractivity contribution in [2.24, 2.45) is 0 Å². The molecular formula is C18H20N2O6S. The average Bonchev–Trinajstić information content (AvgIpc) is 2.65. The maximum absolute atomic E-state index is 12.7. The van der Waals surface area contributed by atoms with E-state index in [0.29, 0.717) is 0 Å². The van der Waals surface area contributed by atoms with E-state index in [4.69, 9.17) is 0 Å². The minimum absolute atomic E-state index is 0.0117. The summed E-state index contributed by atoms with van der Waals surface area (Å²) in [7, 11) is -3.63. The second-order valence-corrected chi connectivity index (χ2v) is 8.31. The molecule has 0 saturated carbocycles. The van der Waals surface area contributed by atoms with Crippen molar-refractivity contribution in [3.05, 3.63) is 47.5 Å². The van der Waals surface area contributed by atoms with Crippen molar-refractivity contribution >= 4 is 15.9 Å². The van der Waals surface area contributed by atoms with E-state index in [9.17, 15) is 28.5 Å². The molecule has 1 fully saturated rings. The Morgan fingerprint density at radius 1 is 0.926 bits per heavy atom. The molecule has 1 aliphatic rings. The zero-order valence-corrected chi connectivity index (χ0v) is 15.5. The Morgan fingerprint density at radius 2 is 1.44 bits per heavy atom. The normalized spacial score (nSPS) is 15.7. The standard InChI is InChI=1S/C18H20N2O6S/c1-12-2-4-14(5-3-12)27(25,26)20-8-6-19(7-9-20)18(24)13-10-15(21)17(23)16(22)11-13/h2-5,10-11,21-23H,6-9H2,1H3. The van der Waals surface area contributed by atoms with E-state index in [1.807, 2.05) is 6.92 Å². The topological polar surface area (TPSA) is 118 Å². The van der Waals surface area contributed by atoms with Crippen LogP contribution in [-0.2, 0) is 10.0 Å². The van der Waals surface area contributed by atoms with Crippen LogP contribution in [0.2, 0.25) is 0 Å². The second kappa shape index (κ2) is 7.09. The summed E-state index contributed by atoms with van der Waals surface area (Å²) in [4.78, 5) is 14.2. The minimum atomic E-state index is -3.63. The van der Waals surface area contributed by atoms with Gasteiger partial charge in [-0.15, -0.1) is 0 Å². The van der Waals surface area contributed by atoms with E-state index >= 15 is 0 Å². The fourth-order valence-electron chi connectivity index (χ4n) is 2.90. The van der Waals surface area contributed by atoms with E-state index < -0.39 is 33.2 Å².